The fourth-order valence-corrected chi connectivity index (χ4v) is 1.85. The average Bonchev–Trinajstić information content (AvgIpc) is 2.54. The highest BCUT2D eigenvalue weighted by atomic mass is 16.3. The van der Waals surface area contributed by atoms with Crippen LogP contribution in [-0.4, -0.2) is 25.0 Å². The third-order valence-electron chi connectivity index (χ3n) is 2.35. The summed E-state index contributed by atoms with van der Waals surface area (Å²) in [7, 11) is 2.09. The fraction of sp³-hybridized carbons (Fsp3) is 0.667. The minimum Gasteiger partial charge on any atom is -0.468 e. The normalized spacial score (nSPS) is 14.5. The Morgan fingerprint density at radius 1 is 1.47 bits per heavy atom. The third kappa shape index (κ3) is 3.68. The quantitative estimate of drug-likeness (QED) is 0.829. The van der Waals surface area contributed by atoms with Crippen molar-refractivity contribution in [2.45, 2.75) is 26.8 Å². The molecule has 0 fully saturated rings. The van der Waals surface area contributed by atoms with Gasteiger partial charge in [0.25, 0.3) is 0 Å². The molecule has 1 rings (SSSR count). The van der Waals surface area contributed by atoms with Crippen molar-refractivity contribution in [1.29, 1.82) is 0 Å². The molecular weight excluding hydrogens is 188 g/mol. The van der Waals surface area contributed by atoms with Gasteiger partial charge in [-0.2, -0.15) is 0 Å². The van der Waals surface area contributed by atoms with Crippen molar-refractivity contribution in [3.05, 3.63) is 24.2 Å². The Morgan fingerprint density at radius 3 is 2.53 bits per heavy atom. The lowest BCUT2D eigenvalue weighted by Gasteiger charge is -2.31. The molecule has 86 valence electrons. The highest BCUT2D eigenvalue weighted by Crippen LogP contribution is 2.23. The number of hydrogen-bond acceptors (Lipinski definition) is 3. The maximum atomic E-state index is 5.78. The van der Waals surface area contributed by atoms with Crippen LogP contribution in [0.2, 0.25) is 0 Å². The van der Waals surface area contributed by atoms with Crippen LogP contribution in [0, 0.1) is 5.41 Å². The molecule has 0 bridgehead atoms. The Morgan fingerprint density at radius 2 is 2.13 bits per heavy atom. The molecule has 0 amide bonds. The summed E-state index contributed by atoms with van der Waals surface area (Å²) in [6.07, 6.45) is 1.70. The van der Waals surface area contributed by atoms with Gasteiger partial charge >= 0.3 is 0 Å². The van der Waals surface area contributed by atoms with Gasteiger partial charge in [-0.25, -0.2) is 0 Å². The van der Waals surface area contributed by atoms with Gasteiger partial charge in [0, 0.05) is 13.1 Å². The Hall–Kier alpha value is -0.800. The zero-order chi connectivity index (χ0) is 11.5. The van der Waals surface area contributed by atoms with E-state index in [0.29, 0.717) is 6.54 Å². The van der Waals surface area contributed by atoms with Gasteiger partial charge in [-0.05, 0) is 24.6 Å². The second kappa shape index (κ2) is 4.81. The van der Waals surface area contributed by atoms with Crippen molar-refractivity contribution in [3.63, 3.8) is 0 Å². The Bertz CT molecular complexity index is 274. The molecule has 0 aliphatic carbocycles. The van der Waals surface area contributed by atoms with Crippen LogP contribution in [0.1, 0.15) is 32.6 Å². The smallest absolute Gasteiger partial charge is 0.122 e. The van der Waals surface area contributed by atoms with Crippen LogP contribution in [0.15, 0.2) is 22.8 Å². The number of nitrogens with two attached hydrogens (primary N) is 1. The summed E-state index contributed by atoms with van der Waals surface area (Å²) < 4.78 is 5.40. The maximum absolute atomic E-state index is 5.78. The van der Waals surface area contributed by atoms with E-state index in [1.165, 1.54) is 0 Å². The Kier molecular flexibility index (Phi) is 3.94. The topological polar surface area (TPSA) is 42.4 Å². The van der Waals surface area contributed by atoms with Crippen molar-refractivity contribution in [2.75, 3.05) is 20.1 Å². The number of rotatable bonds is 4. The maximum Gasteiger partial charge on any atom is 0.122 e. The van der Waals surface area contributed by atoms with Gasteiger partial charge in [0.2, 0.25) is 0 Å². The molecule has 0 saturated carbocycles. The Balaban J connectivity index is 2.67. The van der Waals surface area contributed by atoms with Gasteiger partial charge in [-0.3, -0.25) is 4.90 Å². The Labute approximate surface area is 92.2 Å². The molecule has 0 aliphatic heterocycles. The van der Waals surface area contributed by atoms with E-state index in [4.69, 9.17) is 10.2 Å². The lowest BCUT2D eigenvalue weighted by Crippen LogP contribution is -2.36. The van der Waals surface area contributed by atoms with E-state index < -0.39 is 0 Å². The van der Waals surface area contributed by atoms with Crippen molar-refractivity contribution >= 4 is 0 Å². The van der Waals surface area contributed by atoms with E-state index in [1.807, 2.05) is 12.1 Å². The summed E-state index contributed by atoms with van der Waals surface area (Å²) in [5.41, 5.74) is 6.05. The van der Waals surface area contributed by atoms with E-state index in [0.717, 1.165) is 12.3 Å². The van der Waals surface area contributed by atoms with Crippen LogP contribution >= 0.6 is 0 Å². The molecule has 0 saturated heterocycles. The minimum absolute atomic E-state index is 0.180. The first-order valence-electron chi connectivity index (χ1n) is 5.38. The van der Waals surface area contributed by atoms with Crippen molar-refractivity contribution in [3.8, 4) is 0 Å². The second-order valence-corrected chi connectivity index (χ2v) is 5.24. The van der Waals surface area contributed by atoms with Crippen molar-refractivity contribution in [1.82, 2.24) is 4.90 Å². The zero-order valence-corrected chi connectivity index (χ0v) is 10.2. The number of likely N-dealkylation sites (N-methyl/N-ethyl adjacent to an activating group) is 1. The molecule has 1 aromatic heterocycles. The lowest BCUT2D eigenvalue weighted by atomic mass is 9.95. The molecule has 3 heteroatoms. The lowest BCUT2D eigenvalue weighted by molar-refractivity contribution is 0.159. The van der Waals surface area contributed by atoms with Gasteiger partial charge < -0.3 is 10.2 Å². The summed E-state index contributed by atoms with van der Waals surface area (Å²) in [5, 5.41) is 0. The molecule has 1 unspecified atom stereocenters. The molecule has 0 spiro atoms. The third-order valence-corrected chi connectivity index (χ3v) is 2.35. The summed E-state index contributed by atoms with van der Waals surface area (Å²) in [5.74, 6) is 0.948. The zero-order valence-electron chi connectivity index (χ0n) is 10.2. The van der Waals surface area contributed by atoms with Gasteiger partial charge in [-0.1, -0.05) is 20.8 Å². The van der Waals surface area contributed by atoms with Crippen LogP contribution in [0.3, 0.4) is 0 Å². The second-order valence-electron chi connectivity index (χ2n) is 5.24. The highest BCUT2D eigenvalue weighted by Gasteiger charge is 2.22. The van der Waals surface area contributed by atoms with Gasteiger partial charge in [-0.15, -0.1) is 0 Å². The summed E-state index contributed by atoms with van der Waals surface area (Å²) in [4.78, 5) is 2.25. The van der Waals surface area contributed by atoms with Gasteiger partial charge in [0.1, 0.15) is 5.76 Å². The number of furan rings is 1. The van der Waals surface area contributed by atoms with Crippen LogP contribution in [0.25, 0.3) is 0 Å². The molecule has 2 N–H and O–H groups in total. The summed E-state index contributed by atoms with van der Waals surface area (Å²) in [6.45, 7) is 8.24. The molecule has 0 radical (unpaired) electrons. The van der Waals surface area contributed by atoms with Crippen LogP contribution in [0.5, 0.6) is 0 Å². The molecule has 0 aromatic carbocycles. The predicted octanol–water partition coefficient (Wildman–Crippen LogP) is 2.26. The highest BCUT2D eigenvalue weighted by molar-refractivity contribution is 5.05. The molecular formula is C12H22N2O. The monoisotopic (exact) mass is 210 g/mol. The van der Waals surface area contributed by atoms with Crippen LogP contribution < -0.4 is 5.73 Å². The minimum atomic E-state index is 0.180. The standard InChI is InChI=1S/C12H22N2O/c1-12(2,3)9-14(4)10(8-13)11-6-5-7-15-11/h5-7,10H,8-9,13H2,1-4H3. The van der Waals surface area contributed by atoms with Crippen molar-refractivity contribution < 1.29 is 4.42 Å². The van der Waals surface area contributed by atoms with E-state index in [-0.39, 0.29) is 11.5 Å². The first-order chi connectivity index (χ1) is 6.94. The molecule has 3 nitrogen and oxygen atoms in total. The molecule has 1 atom stereocenters. The van der Waals surface area contributed by atoms with Gasteiger partial charge in [0.05, 0.1) is 12.3 Å². The van der Waals surface area contributed by atoms with Crippen LogP contribution in [-0.2, 0) is 0 Å². The van der Waals surface area contributed by atoms with E-state index in [2.05, 4.69) is 32.7 Å². The molecule has 15 heavy (non-hydrogen) atoms. The summed E-state index contributed by atoms with van der Waals surface area (Å²) >= 11 is 0. The largest absolute Gasteiger partial charge is 0.468 e. The molecule has 0 aliphatic rings. The SMILES string of the molecule is CN(CC(C)(C)C)C(CN)c1ccco1. The van der Waals surface area contributed by atoms with E-state index >= 15 is 0 Å². The molecule has 1 heterocycles. The van der Waals surface area contributed by atoms with Crippen molar-refractivity contribution in [2.24, 2.45) is 11.1 Å². The first-order valence-corrected chi connectivity index (χ1v) is 5.38. The van der Waals surface area contributed by atoms with Gasteiger partial charge in [0.15, 0.2) is 0 Å². The molecule has 1 aromatic rings. The predicted molar refractivity (Wildman–Crippen MR) is 62.6 cm³/mol. The summed E-state index contributed by atoms with van der Waals surface area (Å²) in [6, 6.07) is 4.07. The first kappa shape index (κ1) is 12.3. The average molecular weight is 210 g/mol. The van der Waals surface area contributed by atoms with E-state index in [9.17, 15) is 0 Å². The number of hydrogen-bond donors (Lipinski definition) is 1. The van der Waals surface area contributed by atoms with E-state index in [1.54, 1.807) is 6.26 Å². The fourth-order valence-electron chi connectivity index (χ4n) is 1.85. The number of nitrogens with zero attached hydrogens (tertiary/aromatic N) is 1. The van der Waals surface area contributed by atoms with Crippen LogP contribution in [0.4, 0.5) is 0 Å².